The van der Waals surface area contributed by atoms with Crippen LogP contribution in [0.15, 0.2) is 42.5 Å². The Balaban J connectivity index is 1.55. The fraction of sp³-hybridized carbons (Fsp3) is 0.360. The second-order valence-corrected chi connectivity index (χ2v) is 8.47. The van der Waals surface area contributed by atoms with Crippen LogP contribution in [0, 0.1) is 12.8 Å². The highest BCUT2D eigenvalue weighted by molar-refractivity contribution is 6.30. The van der Waals surface area contributed by atoms with E-state index >= 15 is 0 Å². The standard InChI is InChI=1S/C25H27ClN2O3/c1-16-4-8-21-19(12-16)14-20(24(26)27-21)15-28(25(29)18-6-7-18)11-10-17-5-9-22(30-2)23(13-17)31-3/h4-5,8-9,12-14,18H,6-7,10-11,15H2,1-3H3. The number of halogens is 1. The van der Waals surface area contributed by atoms with Crippen LogP contribution in [0.4, 0.5) is 0 Å². The van der Waals surface area contributed by atoms with Crippen molar-refractivity contribution in [1.82, 2.24) is 9.88 Å². The number of hydrogen-bond donors (Lipinski definition) is 0. The second-order valence-electron chi connectivity index (χ2n) is 8.11. The summed E-state index contributed by atoms with van der Waals surface area (Å²) in [4.78, 5) is 19.5. The zero-order chi connectivity index (χ0) is 22.0. The summed E-state index contributed by atoms with van der Waals surface area (Å²) in [6.07, 6.45) is 2.65. The van der Waals surface area contributed by atoms with Gasteiger partial charge in [0.05, 0.1) is 19.7 Å². The quantitative estimate of drug-likeness (QED) is 0.454. The Bertz CT molecular complexity index is 1110. The molecule has 1 saturated carbocycles. The first-order valence-electron chi connectivity index (χ1n) is 10.5. The molecule has 0 radical (unpaired) electrons. The lowest BCUT2D eigenvalue weighted by atomic mass is 10.1. The number of hydrogen-bond acceptors (Lipinski definition) is 4. The van der Waals surface area contributed by atoms with Gasteiger partial charge in [-0.25, -0.2) is 4.98 Å². The highest BCUT2D eigenvalue weighted by Gasteiger charge is 2.33. The summed E-state index contributed by atoms with van der Waals surface area (Å²) >= 11 is 6.50. The van der Waals surface area contributed by atoms with Gasteiger partial charge in [-0.3, -0.25) is 4.79 Å². The van der Waals surface area contributed by atoms with Crippen molar-refractivity contribution >= 4 is 28.4 Å². The van der Waals surface area contributed by atoms with Gasteiger partial charge in [-0.1, -0.05) is 29.3 Å². The fourth-order valence-corrected chi connectivity index (χ4v) is 3.99. The summed E-state index contributed by atoms with van der Waals surface area (Å²) in [5, 5.41) is 1.49. The van der Waals surface area contributed by atoms with Crippen molar-refractivity contribution in [2.24, 2.45) is 5.92 Å². The molecule has 0 saturated heterocycles. The van der Waals surface area contributed by atoms with E-state index in [0.717, 1.165) is 41.3 Å². The highest BCUT2D eigenvalue weighted by Crippen LogP contribution is 2.33. The predicted octanol–water partition coefficient (Wildman–Crippen LogP) is 5.20. The normalized spacial score (nSPS) is 13.3. The van der Waals surface area contributed by atoms with Crippen molar-refractivity contribution in [3.63, 3.8) is 0 Å². The number of carbonyl (C=O) groups is 1. The zero-order valence-corrected chi connectivity index (χ0v) is 18.9. The molecule has 0 spiro atoms. The number of methoxy groups -OCH3 is 2. The molecule has 3 aromatic rings. The molecule has 0 bridgehead atoms. The van der Waals surface area contributed by atoms with Gasteiger partial charge in [-0.05, 0) is 62.1 Å². The van der Waals surface area contributed by atoms with Gasteiger partial charge in [-0.2, -0.15) is 0 Å². The summed E-state index contributed by atoms with van der Waals surface area (Å²) in [6.45, 7) is 3.12. The SMILES string of the molecule is COc1ccc(CCN(Cc2cc3cc(C)ccc3nc2Cl)C(=O)C2CC2)cc1OC. The Morgan fingerprint density at radius 1 is 1.10 bits per heavy atom. The number of pyridine rings is 1. The number of benzene rings is 2. The Morgan fingerprint density at radius 2 is 1.87 bits per heavy atom. The fourth-order valence-electron chi connectivity index (χ4n) is 3.79. The van der Waals surface area contributed by atoms with Crippen LogP contribution in [-0.4, -0.2) is 36.6 Å². The van der Waals surface area contributed by atoms with Crippen molar-refractivity contribution < 1.29 is 14.3 Å². The second kappa shape index (κ2) is 9.15. The molecule has 6 heteroatoms. The molecule has 0 N–H and O–H groups in total. The first-order valence-corrected chi connectivity index (χ1v) is 10.9. The maximum atomic E-state index is 13.0. The molecular formula is C25H27ClN2O3. The van der Waals surface area contributed by atoms with Crippen molar-refractivity contribution in [3.05, 3.63) is 64.3 Å². The van der Waals surface area contributed by atoms with E-state index in [1.54, 1.807) is 14.2 Å². The Kier molecular flexibility index (Phi) is 6.33. The number of aryl methyl sites for hydroxylation is 1. The van der Waals surface area contributed by atoms with E-state index in [-0.39, 0.29) is 11.8 Å². The predicted molar refractivity (Wildman–Crippen MR) is 123 cm³/mol. The number of carbonyl (C=O) groups excluding carboxylic acids is 1. The monoisotopic (exact) mass is 438 g/mol. The number of nitrogens with zero attached hydrogens (tertiary/aromatic N) is 2. The number of amides is 1. The van der Waals surface area contributed by atoms with Gasteiger partial charge in [0.15, 0.2) is 11.5 Å². The number of rotatable bonds is 8. The third-order valence-electron chi connectivity index (χ3n) is 5.71. The first kappa shape index (κ1) is 21.4. The number of aromatic nitrogens is 1. The van der Waals surface area contributed by atoms with E-state index in [4.69, 9.17) is 21.1 Å². The minimum atomic E-state index is 0.139. The molecule has 0 atom stereocenters. The molecule has 0 unspecified atom stereocenters. The van der Waals surface area contributed by atoms with E-state index in [1.165, 1.54) is 5.56 Å². The molecule has 5 nitrogen and oxygen atoms in total. The largest absolute Gasteiger partial charge is 0.493 e. The topological polar surface area (TPSA) is 51.7 Å². The van der Waals surface area contributed by atoms with Crippen LogP contribution in [0.25, 0.3) is 10.9 Å². The third kappa shape index (κ3) is 4.93. The van der Waals surface area contributed by atoms with Crippen LogP contribution < -0.4 is 9.47 Å². The van der Waals surface area contributed by atoms with E-state index in [0.29, 0.717) is 29.7 Å². The molecular weight excluding hydrogens is 412 g/mol. The molecule has 31 heavy (non-hydrogen) atoms. The molecule has 0 aliphatic heterocycles. The van der Waals surface area contributed by atoms with Gasteiger partial charge < -0.3 is 14.4 Å². The average molecular weight is 439 g/mol. The van der Waals surface area contributed by atoms with Crippen molar-refractivity contribution in [3.8, 4) is 11.5 Å². The van der Waals surface area contributed by atoms with Crippen LogP contribution in [0.2, 0.25) is 5.15 Å². The zero-order valence-electron chi connectivity index (χ0n) is 18.2. The van der Waals surface area contributed by atoms with E-state index in [2.05, 4.69) is 24.0 Å². The maximum absolute atomic E-state index is 13.0. The van der Waals surface area contributed by atoms with Gasteiger partial charge in [0.2, 0.25) is 5.91 Å². The Hall–Kier alpha value is -2.79. The van der Waals surface area contributed by atoms with Crippen molar-refractivity contribution in [2.45, 2.75) is 32.7 Å². The summed E-state index contributed by atoms with van der Waals surface area (Å²) in [6, 6.07) is 14.0. The maximum Gasteiger partial charge on any atom is 0.225 e. The molecule has 1 aromatic heterocycles. The molecule has 2 aromatic carbocycles. The van der Waals surface area contributed by atoms with E-state index in [9.17, 15) is 4.79 Å². The van der Waals surface area contributed by atoms with E-state index < -0.39 is 0 Å². The van der Waals surface area contributed by atoms with Crippen LogP contribution in [0.5, 0.6) is 11.5 Å². The van der Waals surface area contributed by atoms with Gasteiger partial charge in [0.25, 0.3) is 0 Å². The lowest BCUT2D eigenvalue weighted by Crippen LogP contribution is -2.33. The van der Waals surface area contributed by atoms with Crippen LogP contribution in [0.1, 0.15) is 29.5 Å². The summed E-state index contributed by atoms with van der Waals surface area (Å²) in [5.41, 5.74) is 4.00. The molecule has 4 rings (SSSR count). The lowest BCUT2D eigenvalue weighted by molar-refractivity contribution is -0.133. The lowest BCUT2D eigenvalue weighted by Gasteiger charge is -2.24. The summed E-state index contributed by atoms with van der Waals surface area (Å²) in [7, 11) is 3.25. The first-order chi connectivity index (χ1) is 15.0. The van der Waals surface area contributed by atoms with Crippen molar-refractivity contribution in [2.75, 3.05) is 20.8 Å². The van der Waals surface area contributed by atoms with E-state index in [1.807, 2.05) is 35.2 Å². The molecule has 1 amide bonds. The summed E-state index contributed by atoms with van der Waals surface area (Å²) < 4.78 is 10.7. The minimum Gasteiger partial charge on any atom is -0.493 e. The smallest absolute Gasteiger partial charge is 0.225 e. The highest BCUT2D eigenvalue weighted by atomic mass is 35.5. The molecule has 1 aliphatic carbocycles. The average Bonchev–Trinajstić information content (AvgIpc) is 3.62. The van der Waals surface area contributed by atoms with Gasteiger partial charge >= 0.3 is 0 Å². The molecule has 1 heterocycles. The van der Waals surface area contributed by atoms with Crippen LogP contribution >= 0.6 is 11.6 Å². The van der Waals surface area contributed by atoms with Crippen LogP contribution in [0.3, 0.4) is 0 Å². The molecule has 162 valence electrons. The number of fused-ring (bicyclic) bond motifs is 1. The molecule has 1 aliphatic rings. The summed E-state index contributed by atoms with van der Waals surface area (Å²) in [5.74, 6) is 1.72. The van der Waals surface area contributed by atoms with Gasteiger partial charge in [0, 0.05) is 30.0 Å². The Labute approximate surface area is 187 Å². The van der Waals surface area contributed by atoms with Gasteiger partial charge in [-0.15, -0.1) is 0 Å². The molecule has 1 fully saturated rings. The third-order valence-corrected chi connectivity index (χ3v) is 6.04. The van der Waals surface area contributed by atoms with Gasteiger partial charge in [0.1, 0.15) is 5.15 Å². The Morgan fingerprint density at radius 3 is 2.58 bits per heavy atom. The number of ether oxygens (including phenoxy) is 2. The van der Waals surface area contributed by atoms with Crippen LogP contribution in [-0.2, 0) is 17.8 Å². The minimum absolute atomic E-state index is 0.139. The van der Waals surface area contributed by atoms with Crippen molar-refractivity contribution in [1.29, 1.82) is 0 Å².